The predicted octanol–water partition coefficient (Wildman–Crippen LogP) is 3.13. The summed E-state index contributed by atoms with van der Waals surface area (Å²) in [5.74, 6) is 1.48. The van der Waals surface area contributed by atoms with Crippen molar-refractivity contribution < 1.29 is 0 Å². The molecule has 106 valence electrons. The fourth-order valence-electron chi connectivity index (χ4n) is 1.55. The molecule has 0 saturated carbocycles. The minimum absolute atomic E-state index is 0.289. The summed E-state index contributed by atoms with van der Waals surface area (Å²) in [6.45, 7) is 4.56. The monoisotopic (exact) mass is 335 g/mol. The van der Waals surface area contributed by atoms with Crippen LogP contribution in [0.2, 0.25) is 0 Å². The lowest BCUT2D eigenvalue weighted by Crippen LogP contribution is -2.39. The molecular formula is C14H18BrN5. The van der Waals surface area contributed by atoms with Crippen molar-refractivity contribution in [1.82, 2.24) is 9.97 Å². The third kappa shape index (κ3) is 4.79. The first-order valence-electron chi connectivity index (χ1n) is 6.30. The molecule has 6 heteroatoms. The molecule has 0 fully saturated rings. The van der Waals surface area contributed by atoms with Gasteiger partial charge in [0.25, 0.3) is 0 Å². The van der Waals surface area contributed by atoms with Gasteiger partial charge in [-0.1, -0.05) is 22.0 Å². The van der Waals surface area contributed by atoms with Gasteiger partial charge in [-0.3, -0.25) is 0 Å². The predicted molar refractivity (Wildman–Crippen MR) is 86.2 cm³/mol. The molecule has 0 atom stereocenters. The molecule has 0 aliphatic heterocycles. The van der Waals surface area contributed by atoms with Gasteiger partial charge in [0.15, 0.2) is 0 Å². The first-order chi connectivity index (χ1) is 9.42. The van der Waals surface area contributed by atoms with Crippen LogP contribution >= 0.6 is 15.9 Å². The highest BCUT2D eigenvalue weighted by Crippen LogP contribution is 2.20. The quantitative estimate of drug-likeness (QED) is 0.782. The van der Waals surface area contributed by atoms with Crippen molar-refractivity contribution in [2.75, 3.05) is 17.2 Å². The molecule has 1 aromatic carbocycles. The van der Waals surface area contributed by atoms with Crippen LogP contribution in [0.4, 0.5) is 17.3 Å². The van der Waals surface area contributed by atoms with E-state index in [-0.39, 0.29) is 5.54 Å². The summed E-state index contributed by atoms with van der Waals surface area (Å²) in [7, 11) is 0. The van der Waals surface area contributed by atoms with Crippen LogP contribution in [0.25, 0.3) is 0 Å². The highest BCUT2D eigenvalue weighted by Gasteiger charge is 2.10. The molecule has 0 aliphatic rings. The zero-order chi connectivity index (χ0) is 14.6. The van der Waals surface area contributed by atoms with Gasteiger partial charge in [0, 0.05) is 28.3 Å². The summed E-state index contributed by atoms with van der Waals surface area (Å²) >= 11 is 3.44. The molecule has 20 heavy (non-hydrogen) atoms. The second-order valence-corrected chi connectivity index (χ2v) is 6.18. The van der Waals surface area contributed by atoms with Gasteiger partial charge in [-0.15, -0.1) is 0 Å². The van der Waals surface area contributed by atoms with Gasteiger partial charge in [-0.25, -0.2) is 9.97 Å². The summed E-state index contributed by atoms with van der Waals surface area (Å²) in [4.78, 5) is 8.37. The molecule has 0 spiro atoms. The summed E-state index contributed by atoms with van der Waals surface area (Å²) in [6, 6.07) is 9.75. The third-order valence-corrected chi connectivity index (χ3v) is 2.98. The van der Waals surface area contributed by atoms with Crippen LogP contribution in [0.15, 0.2) is 41.1 Å². The minimum Gasteiger partial charge on any atom is -0.368 e. The van der Waals surface area contributed by atoms with E-state index in [9.17, 15) is 0 Å². The summed E-state index contributed by atoms with van der Waals surface area (Å²) in [5, 5.41) is 6.43. The Balaban J connectivity index is 2.06. The van der Waals surface area contributed by atoms with Crippen molar-refractivity contribution in [3.63, 3.8) is 0 Å². The topological polar surface area (TPSA) is 75.9 Å². The van der Waals surface area contributed by atoms with E-state index in [0.29, 0.717) is 6.54 Å². The molecule has 2 rings (SSSR count). The Morgan fingerprint density at radius 2 is 1.95 bits per heavy atom. The third-order valence-electron chi connectivity index (χ3n) is 2.49. The highest BCUT2D eigenvalue weighted by atomic mass is 79.9. The van der Waals surface area contributed by atoms with Crippen LogP contribution in [0.3, 0.4) is 0 Å². The van der Waals surface area contributed by atoms with E-state index >= 15 is 0 Å². The lowest BCUT2D eigenvalue weighted by molar-refractivity contribution is 0.548. The van der Waals surface area contributed by atoms with E-state index in [1.54, 1.807) is 0 Å². The summed E-state index contributed by atoms with van der Waals surface area (Å²) in [5.41, 5.74) is 6.61. The van der Waals surface area contributed by atoms with E-state index in [1.807, 2.05) is 44.2 Å². The molecule has 0 saturated heterocycles. The molecule has 2 aromatic rings. The number of hydrogen-bond donors (Lipinski definition) is 3. The van der Waals surface area contributed by atoms with Gasteiger partial charge in [0.05, 0.1) is 0 Å². The summed E-state index contributed by atoms with van der Waals surface area (Å²) < 4.78 is 1.01. The number of rotatable bonds is 5. The second kappa shape index (κ2) is 6.19. The van der Waals surface area contributed by atoms with Crippen molar-refractivity contribution in [3.8, 4) is 0 Å². The van der Waals surface area contributed by atoms with Crippen molar-refractivity contribution >= 4 is 33.3 Å². The molecule has 0 unspecified atom stereocenters. The SMILES string of the molecule is CC(C)(N)CNc1cc(Nc2cccc(Br)c2)ncn1. The Labute approximate surface area is 127 Å². The van der Waals surface area contributed by atoms with E-state index in [1.165, 1.54) is 6.33 Å². The molecule has 1 heterocycles. The van der Waals surface area contributed by atoms with Crippen LogP contribution in [0.5, 0.6) is 0 Å². The average molecular weight is 336 g/mol. The van der Waals surface area contributed by atoms with E-state index in [4.69, 9.17) is 5.73 Å². The van der Waals surface area contributed by atoms with Gasteiger partial charge in [-0.05, 0) is 32.0 Å². The Hall–Kier alpha value is -1.66. The molecule has 1 aromatic heterocycles. The van der Waals surface area contributed by atoms with Gasteiger partial charge in [-0.2, -0.15) is 0 Å². The highest BCUT2D eigenvalue weighted by molar-refractivity contribution is 9.10. The Morgan fingerprint density at radius 3 is 2.65 bits per heavy atom. The fourth-order valence-corrected chi connectivity index (χ4v) is 1.95. The van der Waals surface area contributed by atoms with Crippen molar-refractivity contribution in [1.29, 1.82) is 0 Å². The standard InChI is InChI=1S/C14H18BrN5/c1-14(2,16)8-17-12-7-13(19-9-18-12)20-11-5-3-4-10(15)6-11/h3-7,9H,8,16H2,1-2H3,(H2,17,18,19,20). The largest absolute Gasteiger partial charge is 0.368 e. The van der Waals surface area contributed by atoms with Crippen LogP contribution < -0.4 is 16.4 Å². The number of hydrogen-bond acceptors (Lipinski definition) is 5. The first-order valence-corrected chi connectivity index (χ1v) is 7.09. The number of nitrogens with two attached hydrogens (primary N) is 1. The average Bonchev–Trinajstić information content (AvgIpc) is 2.36. The first kappa shape index (κ1) is 14.7. The lowest BCUT2D eigenvalue weighted by atomic mass is 10.1. The number of anilines is 3. The Bertz CT molecular complexity index is 580. The Kier molecular flexibility index (Phi) is 4.57. The Morgan fingerprint density at radius 1 is 1.20 bits per heavy atom. The number of aromatic nitrogens is 2. The second-order valence-electron chi connectivity index (χ2n) is 5.27. The van der Waals surface area contributed by atoms with Gasteiger partial charge < -0.3 is 16.4 Å². The lowest BCUT2D eigenvalue weighted by Gasteiger charge is -2.19. The summed E-state index contributed by atoms with van der Waals surface area (Å²) in [6.07, 6.45) is 1.52. The molecule has 4 N–H and O–H groups in total. The van der Waals surface area contributed by atoms with Crippen LogP contribution in [0.1, 0.15) is 13.8 Å². The number of benzene rings is 1. The van der Waals surface area contributed by atoms with Gasteiger partial charge in [0.1, 0.15) is 18.0 Å². The molecule has 5 nitrogen and oxygen atoms in total. The van der Waals surface area contributed by atoms with Crippen molar-refractivity contribution in [2.24, 2.45) is 5.73 Å². The zero-order valence-corrected chi connectivity index (χ0v) is 13.1. The van der Waals surface area contributed by atoms with Crippen LogP contribution in [-0.2, 0) is 0 Å². The molecule has 0 aliphatic carbocycles. The molecule has 0 amide bonds. The van der Waals surface area contributed by atoms with Crippen LogP contribution in [-0.4, -0.2) is 22.1 Å². The number of halogens is 1. The maximum atomic E-state index is 5.93. The maximum absolute atomic E-state index is 5.93. The van der Waals surface area contributed by atoms with Gasteiger partial charge >= 0.3 is 0 Å². The number of nitrogens with zero attached hydrogens (tertiary/aromatic N) is 2. The normalized spacial score (nSPS) is 11.2. The maximum Gasteiger partial charge on any atom is 0.135 e. The smallest absolute Gasteiger partial charge is 0.135 e. The fraction of sp³-hybridized carbons (Fsp3) is 0.286. The minimum atomic E-state index is -0.289. The van der Waals surface area contributed by atoms with E-state index in [0.717, 1.165) is 21.8 Å². The van der Waals surface area contributed by atoms with Crippen molar-refractivity contribution in [3.05, 3.63) is 41.1 Å². The van der Waals surface area contributed by atoms with Crippen LogP contribution in [0, 0.1) is 0 Å². The van der Waals surface area contributed by atoms with E-state index < -0.39 is 0 Å². The molecule has 0 bridgehead atoms. The van der Waals surface area contributed by atoms with Crippen molar-refractivity contribution in [2.45, 2.75) is 19.4 Å². The van der Waals surface area contributed by atoms with Gasteiger partial charge in [0.2, 0.25) is 0 Å². The van der Waals surface area contributed by atoms with E-state index in [2.05, 4.69) is 36.5 Å². The molecule has 0 radical (unpaired) electrons. The molecular weight excluding hydrogens is 318 g/mol. The number of nitrogens with one attached hydrogen (secondary N) is 2. The zero-order valence-electron chi connectivity index (χ0n) is 11.5.